The van der Waals surface area contributed by atoms with Crippen molar-refractivity contribution in [1.29, 1.82) is 0 Å². The molecule has 0 amide bonds. The Morgan fingerprint density at radius 3 is 2.07 bits per heavy atom. The first-order valence-electron chi connectivity index (χ1n) is 6.04. The highest BCUT2D eigenvalue weighted by Gasteiger charge is 2.26. The Morgan fingerprint density at radius 1 is 1.13 bits per heavy atom. The van der Waals surface area contributed by atoms with Gasteiger partial charge in [0.2, 0.25) is 0 Å². The van der Waals surface area contributed by atoms with Crippen LogP contribution in [0.15, 0.2) is 0 Å². The third kappa shape index (κ3) is 4.09. The van der Waals surface area contributed by atoms with Crippen molar-refractivity contribution in [3.05, 3.63) is 0 Å². The standard InChI is InChI=1S/C12H27N3/c1-12(2,3)11(9-13)10-15-7-5-14(4)6-8-15/h11H,5-10,13H2,1-4H3. The van der Waals surface area contributed by atoms with E-state index in [0.717, 1.165) is 13.1 Å². The van der Waals surface area contributed by atoms with E-state index in [0.29, 0.717) is 11.3 Å². The minimum atomic E-state index is 0.331. The van der Waals surface area contributed by atoms with Gasteiger partial charge in [0.05, 0.1) is 0 Å². The molecule has 2 N–H and O–H groups in total. The van der Waals surface area contributed by atoms with Gasteiger partial charge < -0.3 is 15.5 Å². The van der Waals surface area contributed by atoms with E-state index in [1.54, 1.807) is 0 Å². The molecule has 1 heterocycles. The van der Waals surface area contributed by atoms with Crippen LogP contribution in [0.2, 0.25) is 0 Å². The van der Waals surface area contributed by atoms with Gasteiger partial charge in [-0.3, -0.25) is 0 Å². The Hall–Kier alpha value is -0.120. The Kier molecular flexibility index (Phi) is 4.56. The molecule has 3 nitrogen and oxygen atoms in total. The average molecular weight is 213 g/mol. The number of hydrogen-bond donors (Lipinski definition) is 1. The van der Waals surface area contributed by atoms with Gasteiger partial charge in [-0.25, -0.2) is 0 Å². The van der Waals surface area contributed by atoms with Crippen LogP contribution in [-0.2, 0) is 0 Å². The second-order valence-corrected chi connectivity index (χ2v) is 5.90. The molecule has 0 bridgehead atoms. The number of piperazine rings is 1. The molecule has 1 fully saturated rings. The van der Waals surface area contributed by atoms with E-state index in [-0.39, 0.29) is 0 Å². The van der Waals surface area contributed by atoms with Gasteiger partial charge in [0.15, 0.2) is 0 Å². The van der Waals surface area contributed by atoms with Crippen LogP contribution in [0.1, 0.15) is 20.8 Å². The third-order valence-corrected chi connectivity index (χ3v) is 3.58. The van der Waals surface area contributed by atoms with Crippen molar-refractivity contribution in [2.24, 2.45) is 17.1 Å². The number of nitrogens with two attached hydrogens (primary N) is 1. The first kappa shape index (κ1) is 12.9. The maximum atomic E-state index is 5.87. The van der Waals surface area contributed by atoms with Crippen molar-refractivity contribution in [3.8, 4) is 0 Å². The normalized spacial score (nSPS) is 23.0. The quantitative estimate of drug-likeness (QED) is 0.754. The lowest BCUT2D eigenvalue weighted by molar-refractivity contribution is 0.104. The zero-order valence-electron chi connectivity index (χ0n) is 10.8. The smallest absolute Gasteiger partial charge is 0.0110 e. The average Bonchev–Trinajstić information content (AvgIpc) is 2.15. The van der Waals surface area contributed by atoms with Crippen LogP contribution < -0.4 is 5.73 Å². The lowest BCUT2D eigenvalue weighted by Gasteiger charge is -2.38. The summed E-state index contributed by atoms with van der Waals surface area (Å²) in [5.41, 5.74) is 6.20. The summed E-state index contributed by atoms with van der Waals surface area (Å²) in [6.07, 6.45) is 0. The van der Waals surface area contributed by atoms with Crippen molar-refractivity contribution in [1.82, 2.24) is 9.80 Å². The molecule has 90 valence electrons. The molecule has 1 atom stereocenters. The highest BCUT2D eigenvalue weighted by atomic mass is 15.2. The van der Waals surface area contributed by atoms with E-state index in [2.05, 4.69) is 37.6 Å². The van der Waals surface area contributed by atoms with Crippen molar-refractivity contribution < 1.29 is 0 Å². The van der Waals surface area contributed by atoms with Crippen LogP contribution in [0.5, 0.6) is 0 Å². The maximum absolute atomic E-state index is 5.87. The topological polar surface area (TPSA) is 32.5 Å². The first-order valence-corrected chi connectivity index (χ1v) is 6.04. The van der Waals surface area contributed by atoms with Crippen molar-refractivity contribution in [2.75, 3.05) is 46.3 Å². The fraction of sp³-hybridized carbons (Fsp3) is 1.00. The number of hydrogen-bond acceptors (Lipinski definition) is 3. The fourth-order valence-corrected chi connectivity index (χ4v) is 2.04. The van der Waals surface area contributed by atoms with Gasteiger partial charge >= 0.3 is 0 Å². The van der Waals surface area contributed by atoms with Crippen molar-refractivity contribution in [2.45, 2.75) is 20.8 Å². The number of rotatable bonds is 3. The summed E-state index contributed by atoms with van der Waals surface area (Å²) in [6, 6.07) is 0. The fourth-order valence-electron chi connectivity index (χ4n) is 2.04. The van der Waals surface area contributed by atoms with Crippen LogP contribution in [0, 0.1) is 11.3 Å². The first-order chi connectivity index (χ1) is 6.93. The Balaban J connectivity index is 2.39. The molecule has 1 rings (SSSR count). The highest BCUT2D eigenvalue weighted by molar-refractivity contribution is 4.80. The molecule has 0 aromatic rings. The molecule has 1 saturated heterocycles. The second kappa shape index (κ2) is 5.28. The predicted octanol–water partition coefficient (Wildman–Crippen LogP) is 0.855. The van der Waals surface area contributed by atoms with Gasteiger partial charge in [0.1, 0.15) is 0 Å². The molecule has 0 spiro atoms. The van der Waals surface area contributed by atoms with Gasteiger partial charge in [-0.2, -0.15) is 0 Å². The van der Waals surface area contributed by atoms with E-state index in [1.807, 2.05) is 0 Å². The Morgan fingerprint density at radius 2 is 1.67 bits per heavy atom. The lowest BCUT2D eigenvalue weighted by Crippen LogP contribution is -2.48. The summed E-state index contributed by atoms with van der Waals surface area (Å²) in [7, 11) is 2.20. The Labute approximate surface area is 94.6 Å². The molecule has 1 aliphatic heterocycles. The number of nitrogens with zero attached hydrogens (tertiary/aromatic N) is 2. The minimum Gasteiger partial charge on any atom is -0.330 e. The lowest BCUT2D eigenvalue weighted by atomic mass is 9.80. The third-order valence-electron chi connectivity index (χ3n) is 3.58. The van der Waals surface area contributed by atoms with E-state index < -0.39 is 0 Å². The van der Waals surface area contributed by atoms with E-state index >= 15 is 0 Å². The van der Waals surface area contributed by atoms with E-state index in [9.17, 15) is 0 Å². The Bertz CT molecular complexity index is 178. The molecule has 1 aliphatic rings. The molecule has 0 aromatic carbocycles. The molecule has 0 aliphatic carbocycles. The van der Waals surface area contributed by atoms with Crippen LogP contribution in [-0.4, -0.2) is 56.1 Å². The summed E-state index contributed by atoms with van der Waals surface area (Å²) >= 11 is 0. The SMILES string of the molecule is CN1CCN(CC(CN)C(C)(C)C)CC1. The predicted molar refractivity (Wildman–Crippen MR) is 65.9 cm³/mol. The molecule has 0 aromatic heterocycles. The summed E-state index contributed by atoms with van der Waals surface area (Å²) in [5.74, 6) is 0.612. The molecule has 3 heteroatoms. The molecule has 0 saturated carbocycles. The van der Waals surface area contributed by atoms with Crippen LogP contribution in [0.4, 0.5) is 0 Å². The van der Waals surface area contributed by atoms with Gasteiger partial charge in [0, 0.05) is 32.7 Å². The molecular weight excluding hydrogens is 186 g/mol. The van der Waals surface area contributed by atoms with Crippen LogP contribution in [0.25, 0.3) is 0 Å². The van der Waals surface area contributed by atoms with Crippen molar-refractivity contribution >= 4 is 0 Å². The van der Waals surface area contributed by atoms with Gasteiger partial charge in [0.25, 0.3) is 0 Å². The summed E-state index contributed by atoms with van der Waals surface area (Å²) in [4.78, 5) is 4.95. The van der Waals surface area contributed by atoms with Crippen LogP contribution >= 0.6 is 0 Å². The summed E-state index contributed by atoms with van der Waals surface area (Å²) < 4.78 is 0. The zero-order chi connectivity index (χ0) is 11.5. The summed E-state index contributed by atoms with van der Waals surface area (Å²) in [6.45, 7) is 13.6. The molecule has 1 unspecified atom stereocenters. The zero-order valence-corrected chi connectivity index (χ0v) is 10.8. The molecular formula is C12H27N3. The van der Waals surface area contributed by atoms with Gasteiger partial charge in [-0.05, 0) is 24.9 Å². The van der Waals surface area contributed by atoms with E-state index in [1.165, 1.54) is 26.2 Å². The van der Waals surface area contributed by atoms with Crippen molar-refractivity contribution in [3.63, 3.8) is 0 Å². The minimum absolute atomic E-state index is 0.331. The van der Waals surface area contributed by atoms with E-state index in [4.69, 9.17) is 5.73 Å². The van der Waals surface area contributed by atoms with Crippen LogP contribution in [0.3, 0.4) is 0 Å². The number of likely N-dealkylation sites (N-methyl/N-ethyl adjacent to an activating group) is 1. The second-order valence-electron chi connectivity index (χ2n) is 5.90. The summed E-state index contributed by atoms with van der Waals surface area (Å²) in [5, 5.41) is 0. The highest BCUT2D eigenvalue weighted by Crippen LogP contribution is 2.25. The monoisotopic (exact) mass is 213 g/mol. The largest absolute Gasteiger partial charge is 0.330 e. The maximum Gasteiger partial charge on any atom is 0.0110 e. The van der Waals surface area contributed by atoms with Gasteiger partial charge in [-0.1, -0.05) is 20.8 Å². The molecule has 15 heavy (non-hydrogen) atoms. The molecule has 0 radical (unpaired) electrons. The van der Waals surface area contributed by atoms with Gasteiger partial charge in [-0.15, -0.1) is 0 Å².